The molecule has 7 heteroatoms. The fourth-order valence-electron chi connectivity index (χ4n) is 2.86. The predicted octanol–water partition coefficient (Wildman–Crippen LogP) is 2.62. The molecule has 1 aromatic rings. The summed E-state index contributed by atoms with van der Waals surface area (Å²) in [6.07, 6.45) is 2.00. The summed E-state index contributed by atoms with van der Waals surface area (Å²) in [7, 11) is 0. The van der Waals surface area contributed by atoms with E-state index in [9.17, 15) is 14.7 Å². The Hall–Kier alpha value is -2.31. The lowest BCUT2D eigenvalue weighted by molar-refractivity contribution is 0.0190. The first-order valence-corrected chi connectivity index (χ1v) is 8.15. The van der Waals surface area contributed by atoms with Crippen LogP contribution >= 0.6 is 0 Å². The van der Waals surface area contributed by atoms with Gasteiger partial charge < -0.3 is 19.6 Å². The van der Waals surface area contributed by atoms with Crippen LogP contribution in [-0.2, 0) is 4.74 Å². The van der Waals surface area contributed by atoms with Crippen molar-refractivity contribution in [3.05, 3.63) is 23.9 Å². The third-order valence-corrected chi connectivity index (χ3v) is 3.89. The zero-order valence-corrected chi connectivity index (χ0v) is 14.7. The number of aromatic carboxylic acids is 1. The minimum absolute atomic E-state index is 0.0199. The van der Waals surface area contributed by atoms with Crippen molar-refractivity contribution in [3.63, 3.8) is 0 Å². The normalized spacial score (nSPS) is 17.7. The molecule has 24 heavy (non-hydrogen) atoms. The summed E-state index contributed by atoms with van der Waals surface area (Å²) in [4.78, 5) is 31.6. The second-order valence-electron chi connectivity index (χ2n) is 6.83. The predicted molar refractivity (Wildman–Crippen MR) is 90.4 cm³/mol. The molecule has 0 unspecified atom stereocenters. The summed E-state index contributed by atoms with van der Waals surface area (Å²) < 4.78 is 5.46. The van der Waals surface area contributed by atoms with Crippen molar-refractivity contribution >= 4 is 17.9 Å². The first kappa shape index (κ1) is 18.0. The third-order valence-electron chi connectivity index (χ3n) is 3.89. The van der Waals surface area contributed by atoms with E-state index in [-0.39, 0.29) is 17.7 Å². The van der Waals surface area contributed by atoms with E-state index in [1.165, 1.54) is 0 Å². The van der Waals surface area contributed by atoms with Crippen LogP contribution in [0.2, 0.25) is 0 Å². The third kappa shape index (κ3) is 4.15. The number of rotatable bonds is 4. The van der Waals surface area contributed by atoms with Gasteiger partial charge in [-0.05, 0) is 46.2 Å². The molecule has 1 aromatic heterocycles. The molecule has 7 nitrogen and oxygen atoms in total. The number of likely N-dealkylation sites (N-methyl/N-ethyl adjacent to an activating group) is 1. The molecule has 1 fully saturated rings. The topological polar surface area (TPSA) is 83.0 Å². The Morgan fingerprint density at radius 3 is 2.75 bits per heavy atom. The smallest absolute Gasteiger partial charge is 0.410 e. The molecule has 0 aliphatic carbocycles. The van der Waals surface area contributed by atoms with Gasteiger partial charge in [0.2, 0.25) is 0 Å². The number of hydrogen-bond donors (Lipinski definition) is 1. The van der Waals surface area contributed by atoms with Gasteiger partial charge in [-0.15, -0.1) is 0 Å². The van der Waals surface area contributed by atoms with Gasteiger partial charge in [0.1, 0.15) is 17.0 Å². The maximum atomic E-state index is 12.4. The first-order chi connectivity index (χ1) is 11.2. The van der Waals surface area contributed by atoms with Gasteiger partial charge in [-0.25, -0.2) is 14.6 Å². The molecule has 1 amide bonds. The summed E-state index contributed by atoms with van der Waals surface area (Å²) in [5, 5.41) is 9.31. The lowest BCUT2D eigenvalue weighted by Gasteiger charge is -2.31. The molecule has 0 saturated carbocycles. The number of ether oxygens (including phenoxy) is 1. The van der Waals surface area contributed by atoms with E-state index in [0.29, 0.717) is 25.5 Å². The number of nitrogens with zero attached hydrogens (tertiary/aromatic N) is 3. The summed E-state index contributed by atoms with van der Waals surface area (Å²) in [6.45, 7) is 9.18. The highest BCUT2D eigenvalue weighted by atomic mass is 16.6. The van der Waals surface area contributed by atoms with Crippen LogP contribution in [-0.4, -0.2) is 58.3 Å². The van der Waals surface area contributed by atoms with Crippen LogP contribution in [0.25, 0.3) is 0 Å². The molecule has 1 saturated heterocycles. The van der Waals surface area contributed by atoms with E-state index in [4.69, 9.17) is 4.74 Å². The highest BCUT2D eigenvalue weighted by Crippen LogP contribution is 2.25. The molecule has 2 heterocycles. The number of hydrogen-bond acceptors (Lipinski definition) is 5. The van der Waals surface area contributed by atoms with Crippen LogP contribution in [0.4, 0.5) is 10.6 Å². The second kappa shape index (κ2) is 7.07. The van der Waals surface area contributed by atoms with Gasteiger partial charge in [0.05, 0.1) is 6.04 Å². The van der Waals surface area contributed by atoms with Crippen LogP contribution in [0.3, 0.4) is 0 Å². The van der Waals surface area contributed by atoms with Crippen molar-refractivity contribution in [2.45, 2.75) is 45.8 Å². The van der Waals surface area contributed by atoms with Gasteiger partial charge in [0.15, 0.2) is 0 Å². The van der Waals surface area contributed by atoms with Crippen molar-refractivity contribution < 1.29 is 19.4 Å². The molecule has 0 bridgehead atoms. The van der Waals surface area contributed by atoms with Crippen molar-refractivity contribution in [3.8, 4) is 0 Å². The monoisotopic (exact) mass is 335 g/mol. The molecular formula is C17H25N3O4. The maximum Gasteiger partial charge on any atom is 0.410 e. The number of aromatic nitrogens is 1. The van der Waals surface area contributed by atoms with Gasteiger partial charge in [0.25, 0.3) is 0 Å². The van der Waals surface area contributed by atoms with Gasteiger partial charge in [-0.2, -0.15) is 0 Å². The Balaban J connectivity index is 2.12. The Bertz CT molecular complexity index is 612. The number of carbonyl (C=O) groups excluding carboxylic acids is 1. The quantitative estimate of drug-likeness (QED) is 0.911. The molecule has 0 radical (unpaired) electrons. The standard InChI is InChI=1S/C17H25N3O4/c1-5-20(16(23)24-17(2,3)4)12-8-10-19(11-12)14-13(15(21)22)7-6-9-18-14/h6-7,9,12H,5,8,10-11H2,1-4H3,(H,21,22)/t12-/m1/s1. The minimum atomic E-state index is -0.999. The van der Waals surface area contributed by atoms with Crippen LogP contribution < -0.4 is 4.90 Å². The minimum Gasteiger partial charge on any atom is -0.478 e. The zero-order chi connectivity index (χ0) is 17.9. The molecule has 0 spiro atoms. The Kier molecular flexibility index (Phi) is 5.31. The lowest BCUT2D eigenvalue weighted by Crippen LogP contribution is -2.44. The van der Waals surface area contributed by atoms with E-state index in [1.54, 1.807) is 23.2 Å². The van der Waals surface area contributed by atoms with E-state index in [0.717, 1.165) is 6.42 Å². The van der Waals surface area contributed by atoms with E-state index < -0.39 is 11.6 Å². The molecule has 1 atom stereocenters. The number of carboxylic acid groups (broad SMARTS) is 1. The molecule has 1 aliphatic rings. The van der Waals surface area contributed by atoms with Gasteiger partial charge >= 0.3 is 12.1 Å². The number of carbonyl (C=O) groups is 2. The van der Waals surface area contributed by atoms with Crippen molar-refractivity contribution in [2.75, 3.05) is 24.5 Å². The first-order valence-electron chi connectivity index (χ1n) is 8.15. The number of anilines is 1. The van der Waals surface area contributed by atoms with Crippen molar-refractivity contribution in [2.24, 2.45) is 0 Å². The van der Waals surface area contributed by atoms with Crippen LogP contribution in [0.1, 0.15) is 44.5 Å². The molecule has 2 rings (SSSR count). The summed E-state index contributed by atoms with van der Waals surface area (Å²) in [5.74, 6) is -0.547. The molecule has 1 N–H and O–H groups in total. The van der Waals surface area contributed by atoms with Crippen LogP contribution in [0.5, 0.6) is 0 Å². The number of carboxylic acids is 1. The highest BCUT2D eigenvalue weighted by molar-refractivity contribution is 5.93. The number of amides is 1. The zero-order valence-electron chi connectivity index (χ0n) is 14.7. The Morgan fingerprint density at radius 1 is 1.46 bits per heavy atom. The molecule has 132 valence electrons. The van der Waals surface area contributed by atoms with Gasteiger partial charge in [-0.3, -0.25) is 0 Å². The molecule has 0 aromatic carbocycles. The van der Waals surface area contributed by atoms with E-state index in [1.807, 2.05) is 32.6 Å². The largest absolute Gasteiger partial charge is 0.478 e. The van der Waals surface area contributed by atoms with Gasteiger partial charge in [-0.1, -0.05) is 0 Å². The lowest BCUT2D eigenvalue weighted by atomic mass is 10.2. The fourth-order valence-corrected chi connectivity index (χ4v) is 2.86. The Labute approximate surface area is 142 Å². The fraction of sp³-hybridized carbons (Fsp3) is 0.588. The molecule has 1 aliphatic heterocycles. The van der Waals surface area contributed by atoms with E-state index in [2.05, 4.69) is 4.98 Å². The highest BCUT2D eigenvalue weighted by Gasteiger charge is 2.34. The van der Waals surface area contributed by atoms with Crippen molar-refractivity contribution in [1.29, 1.82) is 0 Å². The van der Waals surface area contributed by atoms with E-state index >= 15 is 0 Å². The van der Waals surface area contributed by atoms with Gasteiger partial charge in [0, 0.05) is 25.8 Å². The molecular weight excluding hydrogens is 310 g/mol. The van der Waals surface area contributed by atoms with Crippen LogP contribution in [0, 0.1) is 0 Å². The summed E-state index contributed by atoms with van der Waals surface area (Å²) in [5.41, 5.74) is -0.362. The van der Waals surface area contributed by atoms with Crippen LogP contribution in [0.15, 0.2) is 18.3 Å². The summed E-state index contributed by atoms with van der Waals surface area (Å²) >= 11 is 0. The average Bonchev–Trinajstić information content (AvgIpc) is 2.95. The Morgan fingerprint density at radius 2 is 2.17 bits per heavy atom. The second-order valence-corrected chi connectivity index (χ2v) is 6.83. The SMILES string of the molecule is CCN(C(=O)OC(C)(C)C)[C@@H]1CCN(c2ncccc2C(=O)O)C1. The maximum absolute atomic E-state index is 12.4. The average molecular weight is 335 g/mol. The summed E-state index contributed by atoms with van der Waals surface area (Å²) in [6, 6.07) is 3.14. The number of pyridine rings is 1. The van der Waals surface area contributed by atoms with Crippen molar-refractivity contribution in [1.82, 2.24) is 9.88 Å².